The number of nitrogens with one attached hydrogen (secondary N) is 1. The fraction of sp³-hybridized carbons (Fsp3) is 0.545. The molecule has 0 aromatic carbocycles. The zero-order valence-electron chi connectivity index (χ0n) is 8.99. The molecule has 2 heterocycles. The van der Waals surface area contributed by atoms with Crippen molar-refractivity contribution >= 4 is 11.5 Å². The van der Waals surface area contributed by atoms with Gasteiger partial charge in [-0.25, -0.2) is 4.98 Å². The average Bonchev–Trinajstić information content (AvgIpc) is 2.69. The first-order chi connectivity index (χ1) is 7.25. The first kappa shape index (κ1) is 10.2. The second kappa shape index (κ2) is 4.49. The molecule has 0 saturated carbocycles. The fourth-order valence-electron chi connectivity index (χ4n) is 1.76. The largest absolute Gasteiger partial charge is 0.396 e. The predicted molar refractivity (Wildman–Crippen MR) is 60.9 cm³/mol. The summed E-state index contributed by atoms with van der Waals surface area (Å²) in [5.41, 5.74) is 7.62. The smallest absolute Gasteiger partial charge is 0.149 e. The Labute approximate surface area is 89.8 Å². The Morgan fingerprint density at radius 1 is 1.67 bits per heavy atom. The van der Waals surface area contributed by atoms with Crippen molar-refractivity contribution in [2.24, 2.45) is 0 Å². The molecule has 15 heavy (non-hydrogen) atoms. The van der Waals surface area contributed by atoms with Crippen LogP contribution in [0.2, 0.25) is 0 Å². The molecule has 2 rings (SSSR count). The van der Waals surface area contributed by atoms with Gasteiger partial charge in [0.05, 0.1) is 11.8 Å². The maximum atomic E-state index is 5.84. The van der Waals surface area contributed by atoms with Crippen LogP contribution in [0.15, 0.2) is 12.3 Å². The number of pyridine rings is 1. The van der Waals surface area contributed by atoms with Gasteiger partial charge in [0, 0.05) is 19.3 Å². The monoisotopic (exact) mass is 207 g/mol. The third kappa shape index (κ3) is 2.59. The van der Waals surface area contributed by atoms with Crippen LogP contribution in [0.4, 0.5) is 11.5 Å². The van der Waals surface area contributed by atoms with E-state index in [0.29, 0.717) is 11.8 Å². The van der Waals surface area contributed by atoms with Gasteiger partial charge < -0.3 is 15.8 Å². The lowest BCUT2D eigenvalue weighted by atomic mass is 10.2. The van der Waals surface area contributed by atoms with Crippen LogP contribution in [0.1, 0.15) is 18.4 Å². The number of nitrogens with two attached hydrogens (primary N) is 1. The van der Waals surface area contributed by atoms with Crippen molar-refractivity contribution in [2.75, 3.05) is 24.2 Å². The summed E-state index contributed by atoms with van der Waals surface area (Å²) in [6, 6.07) is 1.92. The summed E-state index contributed by atoms with van der Waals surface area (Å²) in [5, 5.41) is 3.22. The van der Waals surface area contributed by atoms with Gasteiger partial charge in [0.2, 0.25) is 0 Å². The van der Waals surface area contributed by atoms with E-state index >= 15 is 0 Å². The van der Waals surface area contributed by atoms with Gasteiger partial charge in [0.25, 0.3) is 0 Å². The Balaban J connectivity index is 1.92. The highest BCUT2D eigenvalue weighted by molar-refractivity contribution is 5.61. The quantitative estimate of drug-likeness (QED) is 0.789. The molecule has 4 nitrogen and oxygen atoms in total. The van der Waals surface area contributed by atoms with Gasteiger partial charge in [-0.1, -0.05) is 0 Å². The van der Waals surface area contributed by atoms with Crippen molar-refractivity contribution in [1.29, 1.82) is 0 Å². The highest BCUT2D eigenvalue weighted by atomic mass is 16.5. The van der Waals surface area contributed by atoms with Crippen LogP contribution in [0.3, 0.4) is 0 Å². The van der Waals surface area contributed by atoms with Gasteiger partial charge in [0.15, 0.2) is 0 Å². The minimum atomic E-state index is 0.313. The number of nitrogen functional groups attached to an aromatic ring is 1. The Morgan fingerprint density at radius 3 is 3.20 bits per heavy atom. The standard InChI is InChI=1S/C11H17N3O/c1-8-5-10(12)11(13-6-8)14-7-9-3-2-4-15-9/h5-6,9H,2-4,7,12H2,1H3,(H,13,14). The molecular formula is C11H17N3O. The molecule has 4 heteroatoms. The fourth-order valence-corrected chi connectivity index (χ4v) is 1.76. The van der Waals surface area contributed by atoms with Crippen molar-refractivity contribution in [3.8, 4) is 0 Å². The van der Waals surface area contributed by atoms with Crippen LogP contribution in [0.25, 0.3) is 0 Å². The van der Waals surface area contributed by atoms with Crippen LogP contribution in [0, 0.1) is 6.92 Å². The van der Waals surface area contributed by atoms with Gasteiger partial charge in [-0.3, -0.25) is 0 Å². The lowest BCUT2D eigenvalue weighted by molar-refractivity contribution is 0.120. The summed E-state index contributed by atoms with van der Waals surface area (Å²) in [5.74, 6) is 0.760. The molecule has 0 aliphatic carbocycles. The van der Waals surface area contributed by atoms with Gasteiger partial charge >= 0.3 is 0 Å². The highest BCUT2D eigenvalue weighted by Gasteiger charge is 2.15. The molecule has 1 atom stereocenters. The number of rotatable bonds is 3. The molecule has 0 amide bonds. The molecule has 1 fully saturated rings. The second-order valence-electron chi connectivity index (χ2n) is 3.97. The highest BCUT2D eigenvalue weighted by Crippen LogP contribution is 2.17. The summed E-state index contributed by atoms with van der Waals surface area (Å²) in [6.07, 6.45) is 4.41. The van der Waals surface area contributed by atoms with Crippen molar-refractivity contribution in [3.05, 3.63) is 17.8 Å². The third-order valence-corrected chi connectivity index (χ3v) is 2.58. The average molecular weight is 207 g/mol. The van der Waals surface area contributed by atoms with Crippen LogP contribution >= 0.6 is 0 Å². The van der Waals surface area contributed by atoms with E-state index in [4.69, 9.17) is 10.5 Å². The van der Waals surface area contributed by atoms with Crippen LogP contribution < -0.4 is 11.1 Å². The normalized spacial score (nSPS) is 20.5. The zero-order valence-corrected chi connectivity index (χ0v) is 8.99. The van der Waals surface area contributed by atoms with Crippen molar-refractivity contribution < 1.29 is 4.74 Å². The Kier molecular flexibility index (Phi) is 3.06. The van der Waals surface area contributed by atoms with Crippen LogP contribution in [0.5, 0.6) is 0 Å². The Morgan fingerprint density at radius 2 is 2.53 bits per heavy atom. The van der Waals surface area contributed by atoms with Crippen molar-refractivity contribution in [1.82, 2.24) is 4.98 Å². The van der Waals surface area contributed by atoms with E-state index in [-0.39, 0.29) is 0 Å². The molecule has 0 radical (unpaired) electrons. The molecule has 0 spiro atoms. The van der Waals surface area contributed by atoms with Gasteiger partial charge in [-0.05, 0) is 31.4 Å². The predicted octanol–water partition coefficient (Wildman–Crippen LogP) is 1.56. The van der Waals surface area contributed by atoms with Gasteiger partial charge in [0.1, 0.15) is 5.82 Å². The third-order valence-electron chi connectivity index (χ3n) is 2.58. The van der Waals surface area contributed by atoms with Crippen molar-refractivity contribution in [2.45, 2.75) is 25.9 Å². The van der Waals surface area contributed by atoms with E-state index in [1.807, 2.05) is 19.2 Å². The number of anilines is 2. The molecule has 1 unspecified atom stereocenters. The molecule has 1 aromatic rings. The van der Waals surface area contributed by atoms with Crippen LogP contribution in [-0.4, -0.2) is 24.2 Å². The number of hydrogen-bond donors (Lipinski definition) is 2. The number of aromatic nitrogens is 1. The van der Waals surface area contributed by atoms with E-state index in [1.165, 1.54) is 0 Å². The second-order valence-corrected chi connectivity index (χ2v) is 3.97. The summed E-state index contributed by atoms with van der Waals surface area (Å²) in [7, 11) is 0. The summed E-state index contributed by atoms with van der Waals surface area (Å²) in [6.45, 7) is 3.65. The lowest BCUT2D eigenvalue weighted by Crippen LogP contribution is -2.19. The molecular weight excluding hydrogens is 190 g/mol. The van der Waals surface area contributed by atoms with Crippen LogP contribution in [-0.2, 0) is 4.74 Å². The Hall–Kier alpha value is -1.29. The zero-order chi connectivity index (χ0) is 10.7. The van der Waals surface area contributed by atoms with E-state index < -0.39 is 0 Å². The molecule has 1 aliphatic heterocycles. The van der Waals surface area contributed by atoms with E-state index in [2.05, 4.69) is 10.3 Å². The Bertz CT molecular complexity index is 335. The summed E-state index contributed by atoms with van der Waals surface area (Å²) >= 11 is 0. The molecule has 82 valence electrons. The minimum Gasteiger partial charge on any atom is -0.396 e. The maximum Gasteiger partial charge on any atom is 0.149 e. The van der Waals surface area contributed by atoms with Gasteiger partial charge in [-0.15, -0.1) is 0 Å². The lowest BCUT2D eigenvalue weighted by Gasteiger charge is -2.12. The molecule has 3 N–H and O–H groups in total. The van der Waals surface area contributed by atoms with E-state index in [1.54, 1.807) is 0 Å². The molecule has 1 aromatic heterocycles. The maximum absolute atomic E-state index is 5.84. The number of nitrogens with zero attached hydrogens (tertiary/aromatic N) is 1. The summed E-state index contributed by atoms with van der Waals surface area (Å²) < 4.78 is 5.51. The van der Waals surface area contributed by atoms with E-state index in [0.717, 1.165) is 37.4 Å². The first-order valence-electron chi connectivity index (χ1n) is 5.33. The van der Waals surface area contributed by atoms with E-state index in [9.17, 15) is 0 Å². The number of ether oxygens (including phenoxy) is 1. The minimum absolute atomic E-state index is 0.313. The van der Waals surface area contributed by atoms with Gasteiger partial charge in [-0.2, -0.15) is 0 Å². The SMILES string of the molecule is Cc1cnc(NCC2CCCO2)c(N)c1. The number of aryl methyl sites for hydroxylation is 1. The molecule has 1 saturated heterocycles. The van der Waals surface area contributed by atoms with Crippen molar-refractivity contribution in [3.63, 3.8) is 0 Å². The first-order valence-corrected chi connectivity index (χ1v) is 5.33. The topological polar surface area (TPSA) is 60.2 Å². The molecule has 1 aliphatic rings. The molecule has 0 bridgehead atoms. The number of hydrogen-bond acceptors (Lipinski definition) is 4. The summed E-state index contributed by atoms with van der Waals surface area (Å²) in [4.78, 5) is 4.25.